The molecule has 6 nitrogen and oxygen atoms in total. The minimum absolute atomic E-state index is 0.201. The fraction of sp³-hybridized carbons (Fsp3) is 0.324. The number of fused-ring (bicyclic) bond motifs is 2. The van der Waals surface area contributed by atoms with E-state index in [1.807, 2.05) is 55.5 Å². The highest BCUT2D eigenvalue weighted by atomic mass is 32.1. The minimum Gasteiger partial charge on any atom is -0.493 e. The average Bonchev–Trinajstić information content (AvgIpc) is 3.27. The molecule has 4 aromatic rings. The van der Waals surface area contributed by atoms with Crippen molar-refractivity contribution in [2.75, 3.05) is 13.2 Å². The molecule has 1 atom stereocenters. The zero-order chi connectivity index (χ0) is 29.1. The topological polar surface area (TPSA) is 69.9 Å². The summed E-state index contributed by atoms with van der Waals surface area (Å²) >= 11 is 1.33. The maximum atomic E-state index is 14.2. The van der Waals surface area contributed by atoms with Gasteiger partial charge in [-0.05, 0) is 60.2 Å². The molecule has 7 heteroatoms. The average molecular weight is 569 g/mol. The normalized spacial score (nSPS) is 15.3. The quantitative estimate of drug-likeness (QED) is 0.177. The summed E-state index contributed by atoms with van der Waals surface area (Å²) in [4.78, 5) is 32.7. The van der Waals surface area contributed by atoms with Crippen molar-refractivity contribution in [2.45, 2.75) is 59.4 Å². The Morgan fingerprint density at radius 3 is 2.54 bits per heavy atom. The lowest BCUT2D eigenvalue weighted by Crippen LogP contribution is -2.40. The van der Waals surface area contributed by atoms with Crippen LogP contribution in [0.4, 0.5) is 0 Å². The molecular formula is C34H36N2O4S. The third kappa shape index (κ3) is 5.64. The van der Waals surface area contributed by atoms with E-state index in [0.29, 0.717) is 33.1 Å². The van der Waals surface area contributed by atoms with Crippen LogP contribution in [0.25, 0.3) is 16.8 Å². The summed E-state index contributed by atoms with van der Waals surface area (Å²) in [6.07, 6.45) is 3.89. The van der Waals surface area contributed by atoms with E-state index in [9.17, 15) is 9.59 Å². The van der Waals surface area contributed by atoms with Gasteiger partial charge in [0.15, 0.2) is 4.80 Å². The Bertz CT molecular complexity index is 1800. The van der Waals surface area contributed by atoms with Crippen molar-refractivity contribution in [1.82, 2.24) is 4.57 Å². The van der Waals surface area contributed by atoms with Gasteiger partial charge in [-0.15, -0.1) is 0 Å². The Balaban J connectivity index is 1.72. The largest absolute Gasteiger partial charge is 0.493 e. The zero-order valence-electron chi connectivity index (χ0n) is 24.3. The zero-order valence-corrected chi connectivity index (χ0v) is 25.1. The number of esters is 1. The number of benzene rings is 3. The van der Waals surface area contributed by atoms with E-state index in [4.69, 9.17) is 14.5 Å². The molecule has 1 aliphatic rings. The van der Waals surface area contributed by atoms with E-state index in [2.05, 4.69) is 39.0 Å². The first kappa shape index (κ1) is 28.6. The number of thiazole rings is 1. The van der Waals surface area contributed by atoms with Crippen LogP contribution in [-0.4, -0.2) is 23.8 Å². The van der Waals surface area contributed by atoms with Crippen molar-refractivity contribution in [3.63, 3.8) is 0 Å². The highest BCUT2D eigenvalue weighted by molar-refractivity contribution is 7.07. The van der Waals surface area contributed by atoms with Crippen LogP contribution in [0.1, 0.15) is 76.1 Å². The number of ether oxygens (including phenoxy) is 2. The lowest BCUT2D eigenvalue weighted by Gasteiger charge is -2.25. The molecule has 0 saturated carbocycles. The molecule has 0 amide bonds. The van der Waals surface area contributed by atoms with Gasteiger partial charge in [-0.2, -0.15) is 0 Å². The van der Waals surface area contributed by atoms with Crippen molar-refractivity contribution < 1.29 is 14.3 Å². The molecule has 0 N–H and O–H groups in total. The van der Waals surface area contributed by atoms with Gasteiger partial charge in [0.2, 0.25) is 0 Å². The molecule has 3 aromatic carbocycles. The van der Waals surface area contributed by atoms with Crippen LogP contribution < -0.4 is 19.6 Å². The number of nitrogens with zero attached hydrogens (tertiary/aromatic N) is 2. The van der Waals surface area contributed by atoms with Crippen LogP contribution in [0.3, 0.4) is 0 Å². The number of unbranched alkanes of at least 4 members (excludes halogenated alkanes) is 1. The molecule has 1 unspecified atom stereocenters. The van der Waals surface area contributed by atoms with Gasteiger partial charge in [0.1, 0.15) is 5.75 Å². The van der Waals surface area contributed by atoms with Crippen LogP contribution in [0, 0.1) is 0 Å². The summed E-state index contributed by atoms with van der Waals surface area (Å²) < 4.78 is 13.8. The number of hydrogen-bond donors (Lipinski definition) is 0. The van der Waals surface area contributed by atoms with E-state index in [1.165, 1.54) is 16.9 Å². The maximum absolute atomic E-state index is 14.2. The number of aromatic nitrogens is 1. The monoisotopic (exact) mass is 568 g/mol. The molecule has 5 rings (SSSR count). The van der Waals surface area contributed by atoms with Crippen LogP contribution in [-0.2, 0) is 9.53 Å². The van der Waals surface area contributed by atoms with Gasteiger partial charge in [0, 0.05) is 5.56 Å². The second kappa shape index (κ2) is 12.3. The van der Waals surface area contributed by atoms with Crippen molar-refractivity contribution in [3.05, 3.63) is 108 Å². The summed E-state index contributed by atoms with van der Waals surface area (Å²) in [5, 5.41) is 2.08. The number of hydrogen-bond acceptors (Lipinski definition) is 6. The second-order valence-electron chi connectivity index (χ2n) is 10.5. The van der Waals surface area contributed by atoms with Crippen molar-refractivity contribution in [2.24, 2.45) is 4.99 Å². The van der Waals surface area contributed by atoms with Crippen molar-refractivity contribution in [1.29, 1.82) is 0 Å². The summed E-state index contributed by atoms with van der Waals surface area (Å²) in [7, 11) is 0. The Morgan fingerprint density at radius 1 is 1.07 bits per heavy atom. The first-order valence-electron chi connectivity index (χ1n) is 14.3. The molecule has 1 aromatic heterocycles. The molecule has 0 saturated heterocycles. The molecule has 0 aliphatic carbocycles. The number of allylic oxidation sites excluding steroid dienone is 1. The minimum atomic E-state index is -0.638. The predicted molar refractivity (Wildman–Crippen MR) is 165 cm³/mol. The predicted octanol–water partition coefficient (Wildman–Crippen LogP) is 6.25. The highest BCUT2D eigenvalue weighted by Crippen LogP contribution is 2.32. The van der Waals surface area contributed by atoms with Gasteiger partial charge < -0.3 is 9.47 Å². The first-order valence-corrected chi connectivity index (χ1v) is 15.1. The lowest BCUT2D eigenvalue weighted by atomic mass is 9.93. The highest BCUT2D eigenvalue weighted by Gasteiger charge is 2.33. The summed E-state index contributed by atoms with van der Waals surface area (Å²) in [6.45, 7) is 10.8. The third-order valence-electron chi connectivity index (χ3n) is 7.40. The van der Waals surface area contributed by atoms with Gasteiger partial charge in [0.25, 0.3) is 5.56 Å². The van der Waals surface area contributed by atoms with E-state index >= 15 is 0 Å². The van der Waals surface area contributed by atoms with E-state index in [1.54, 1.807) is 11.5 Å². The first-order chi connectivity index (χ1) is 19.8. The number of carbonyl (C=O) groups is 1. The SMILES string of the molecule is CCCCOc1ccc2ccccc2c1C=c1sc2n(c1=O)C(c1ccc(C(C)C)cc1)C(C(=O)OCC)=C(C)N=2. The van der Waals surface area contributed by atoms with E-state index < -0.39 is 12.0 Å². The summed E-state index contributed by atoms with van der Waals surface area (Å²) in [5.41, 5.74) is 3.64. The second-order valence-corrected chi connectivity index (χ2v) is 11.5. The Hall–Kier alpha value is -3.97. The Morgan fingerprint density at radius 2 is 1.83 bits per heavy atom. The summed E-state index contributed by atoms with van der Waals surface area (Å²) in [6, 6.07) is 19.6. The maximum Gasteiger partial charge on any atom is 0.338 e. The summed E-state index contributed by atoms with van der Waals surface area (Å²) in [5.74, 6) is 0.649. The molecule has 1 aliphatic heterocycles. The molecule has 0 bridgehead atoms. The molecule has 0 radical (unpaired) electrons. The van der Waals surface area contributed by atoms with Gasteiger partial charge in [-0.3, -0.25) is 9.36 Å². The van der Waals surface area contributed by atoms with Gasteiger partial charge in [-0.25, -0.2) is 9.79 Å². The Kier molecular flexibility index (Phi) is 8.54. The number of carbonyl (C=O) groups excluding carboxylic acids is 1. The molecule has 2 heterocycles. The number of rotatable bonds is 9. The van der Waals surface area contributed by atoms with Crippen LogP contribution in [0.5, 0.6) is 5.75 Å². The van der Waals surface area contributed by atoms with Gasteiger partial charge in [0.05, 0.1) is 35.1 Å². The molecule has 0 spiro atoms. The van der Waals surface area contributed by atoms with Crippen LogP contribution >= 0.6 is 11.3 Å². The van der Waals surface area contributed by atoms with E-state index in [0.717, 1.165) is 40.5 Å². The Labute approximate surface area is 244 Å². The molecule has 41 heavy (non-hydrogen) atoms. The molecule has 212 valence electrons. The fourth-order valence-corrected chi connectivity index (χ4v) is 6.21. The fourth-order valence-electron chi connectivity index (χ4n) is 5.18. The van der Waals surface area contributed by atoms with Crippen LogP contribution in [0.15, 0.2) is 81.7 Å². The smallest absolute Gasteiger partial charge is 0.338 e. The third-order valence-corrected chi connectivity index (χ3v) is 8.38. The van der Waals surface area contributed by atoms with Crippen LogP contribution in [0.2, 0.25) is 0 Å². The van der Waals surface area contributed by atoms with E-state index in [-0.39, 0.29) is 12.2 Å². The van der Waals surface area contributed by atoms with Crippen molar-refractivity contribution >= 4 is 34.2 Å². The molecule has 0 fully saturated rings. The van der Waals surface area contributed by atoms with Gasteiger partial charge in [-0.1, -0.05) is 93.1 Å². The lowest BCUT2D eigenvalue weighted by molar-refractivity contribution is -0.139. The standard InChI is InChI=1S/C34H36N2O4S/c1-6-8-19-40-28-18-17-24-11-9-10-12-26(24)27(28)20-29-32(37)36-31(25-15-13-23(14-16-25)21(3)4)30(33(38)39-7-2)22(5)35-34(36)41-29/h9-18,20-21,31H,6-8,19H2,1-5H3. The molecular weight excluding hydrogens is 532 g/mol. The van der Waals surface area contributed by atoms with Crippen molar-refractivity contribution in [3.8, 4) is 5.75 Å². The van der Waals surface area contributed by atoms with Gasteiger partial charge >= 0.3 is 5.97 Å².